The molecule has 1 spiro atoms. The summed E-state index contributed by atoms with van der Waals surface area (Å²) in [6.07, 6.45) is 1.19. The van der Waals surface area contributed by atoms with Crippen molar-refractivity contribution in [3.05, 3.63) is 71.0 Å². The highest BCUT2D eigenvalue weighted by Crippen LogP contribution is 2.41. The van der Waals surface area contributed by atoms with Crippen molar-refractivity contribution in [3.8, 4) is 0 Å². The lowest BCUT2D eigenvalue weighted by atomic mass is 9.92. The molecule has 1 N–H and O–H groups in total. The van der Waals surface area contributed by atoms with Crippen LogP contribution in [0.4, 0.5) is 9.18 Å². The number of carbonyl (C=O) groups excluding carboxylic acids is 3. The molecular formula is C22H22FN3O3. The molecular weight excluding hydrogens is 373 g/mol. The number of benzene rings is 2. The van der Waals surface area contributed by atoms with Crippen LogP contribution in [0, 0.1) is 5.82 Å². The first-order valence-electron chi connectivity index (χ1n) is 9.69. The zero-order valence-electron chi connectivity index (χ0n) is 16.2. The lowest BCUT2D eigenvalue weighted by Crippen LogP contribution is -2.44. The van der Waals surface area contributed by atoms with Gasteiger partial charge in [-0.3, -0.25) is 14.5 Å². The molecule has 6 nitrogen and oxygen atoms in total. The molecule has 1 aliphatic carbocycles. The van der Waals surface area contributed by atoms with Crippen LogP contribution in [0.2, 0.25) is 0 Å². The molecule has 1 saturated heterocycles. The molecule has 2 aliphatic rings. The molecule has 0 unspecified atom stereocenters. The Morgan fingerprint density at radius 2 is 2.00 bits per heavy atom. The van der Waals surface area contributed by atoms with Gasteiger partial charge < -0.3 is 10.2 Å². The van der Waals surface area contributed by atoms with Crippen LogP contribution in [-0.4, -0.2) is 40.7 Å². The average Bonchev–Trinajstić information content (AvgIpc) is 3.19. The van der Waals surface area contributed by atoms with Crippen molar-refractivity contribution < 1.29 is 18.8 Å². The largest absolute Gasteiger partial charge is 0.337 e. The molecule has 0 saturated carbocycles. The van der Waals surface area contributed by atoms with Gasteiger partial charge >= 0.3 is 6.03 Å². The van der Waals surface area contributed by atoms with Gasteiger partial charge in [-0.1, -0.05) is 36.4 Å². The molecule has 1 aliphatic heterocycles. The van der Waals surface area contributed by atoms with E-state index in [0.717, 1.165) is 16.0 Å². The number of nitrogens with zero attached hydrogens (tertiary/aromatic N) is 2. The molecule has 7 heteroatoms. The van der Waals surface area contributed by atoms with Crippen LogP contribution in [-0.2, 0) is 28.1 Å². The Labute approximate surface area is 168 Å². The summed E-state index contributed by atoms with van der Waals surface area (Å²) in [5.41, 5.74) is 1.42. The zero-order chi connectivity index (χ0) is 20.6. The van der Waals surface area contributed by atoms with E-state index in [2.05, 4.69) is 5.32 Å². The number of fused-ring (bicyclic) bond motifs is 2. The Morgan fingerprint density at radius 1 is 1.21 bits per heavy atom. The van der Waals surface area contributed by atoms with Crippen LogP contribution in [0.1, 0.15) is 30.0 Å². The zero-order valence-corrected chi connectivity index (χ0v) is 16.2. The quantitative estimate of drug-likeness (QED) is 0.791. The molecule has 150 valence electrons. The van der Waals surface area contributed by atoms with Gasteiger partial charge in [-0.05, 0) is 48.6 Å². The summed E-state index contributed by atoms with van der Waals surface area (Å²) in [5, 5.41) is 2.82. The third-order valence-corrected chi connectivity index (χ3v) is 5.71. The van der Waals surface area contributed by atoms with Crippen molar-refractivity contribution in [2.24, 2.45) is 0 Å². The van der Waals surface area contributed by atoms with Crippen LogP contribution in [0.5, 0.6) is 0 Å². The molecule has 0 bridgehead atoms. The SMILES string of the molecule is CCN(Cc1cccc(F)c1)C(=O)CN1C(=O)N[C@]2(CCc3ccccc32)C1=O. The van der Waals surface area contributed by atoms with Gasteiger partial charge in [-0.15, -0.1) is 0 Å². The number of likely N-dealkylation sites (N-methyl/N-ethyl adjacent to an activating group) is 1. The average molecular weight is 395 g/mol. The number of carbonyl (C=O) groups is 3. The van der Waals surface area contributed by atoms with Crippen LogP contribution < -0.4 is 5.32 Å². The van der Waals surface area contributed by atoms with Crippen molar-refractivity contribution in [3.63, 3.8) is 0 Å². The highest BCUT2D eigenvalue weighted by Gasteiger charge is 2.55. The van der Waals surface area contributed by atoms with Crippen molar-refractivity contribution in [1.29, 1.82) is 0 Å². The van der Waals surface area contributed by atoms with E-state index in [9.17, 15) is 18.8 Å². The minimum absolute atomic E-state index is 0.213. The number of hydrogen-bond donors (Lipinski definition) is 1. The number of aryl methyl sites for hydroxylation is 1. The topological polar surface area (TPSA) is 69.7 Å². The minimum atomic E-state index is -1.08. The smallest absolute Gasteiger partial charge is 0.325 e. The second-order valence-electron chi connectivity index (χ2n) is 7.42. The first kappa shape index (κ1) is 19.1. The molecule has 1 heterocycles. The third-order valence-electron chi connectivity index (χ3n) is 5.71. The van der Waals surface area contributed by atoms with Crippen LogP contribution in [0.3, 0.4) is 0 Å². The number of imide groups is 1. The van der Waals surface area contributed by atoms with E-state index in [-0.39, 0.29) is 30.7 Å². The van der Waals surface area contributed by atoms with E-state index >= 15 is 0 Å². The maximum Gasteiger partial charge on any atom is 0.325 e. The van der Waals surface area contributed by atoms with Gasteiger partial charge in [0.1, 0.15) is 17.9 Å². The normalized spacial score (nSPS) is 20.1. The maximum absolute atomic E-state index is 13.4. The number of amides is 4. The molecule has 0 radical (unpaired) electrons. The van der Waals surface area contributed by atoms with Gasteiger partial charge in [0.15, 0.2) is 0 Å². The summed E-state index contributed by atoms with van der Waals surface area (Å²) in [6.45, 7) is 2.06. The predicted molar refractivity (Wildman–Crippen MR) is 104 cm³/mol. The van der Waals surface area contributed by atoms with E-state index in [1.54, 1.807) is 19.1 Å². The van der Waals surface area contributed by atoms with Crippen LogP contribution in [0.25, 0.3) is 0 Å². The molecule has 2 aromatic rings. The Hall–Kier alpha value is -3.22. The standard InChI is InChI=1S/C22H22FN3O3/c1-2-25(13-15-6-5-8-17(23)12-15)19(27)14-26-20(28)22(24-21(26)29)11-10-16-7-3-4-9-18(16)22/h3-9,12H,2,10-11,13-14H2,1H3,(H,24,29)/t22-/m0/s1. The molecule has 1 fully saturated rings. The van der Waals surface area contributed by atoms with Gasteiger partial charge in [0.25, 0.3) is 5.91 Å². The summed E-state index contributed by atoms with van der Waals surface area (Å²) in [7, 11) is 0. The summed E-state index contributed by atoms with van der Waals surface area (Å²) < 4.78 is 13.4. The van der Waals surface area contributed by atoms with Crippen molar-refractivity contribution in [2.75, 3.05) is 13.1 Å². The molecule has 4 amide bonds. The number of urea groups is 1. The summed E-state index contributed by atoms with van der Waals surface area (Å²) >= 11 is 0. The first-order chi connectivity index (χ1) is 13.9. The number of rotatable bonds is 5. The first-order valence-corrected chi connectivity index (χ1v) is 9.69. The summed E-state index contributed by atoms with van der Waals surface area (Å²) in [5.74, 6) is -1.12. The fourth-order valence-corrected chi connectivity index (χ4v) is 4.20. The lowest BCUT2D eigenvalue weighted by Gasteiger charge is -2.25. The Morgan fingerprint density at radius 3 is 2.76 bits per heavy atom. The van der Waals surface area contributed by atoms with E-state index in [4.69, 9.17) is 0 Å². The second kappa shape index (κ2) is 7.31. The third kappa shape index (κ3) is 3.26. The van der Waals surface area contributed by atoms with Crippen LogP contribution in [0.15, 0.2) is 48.5 Å². The molecule has 1 atom stereocenters. The minimum Gasteiger partial charge on any atom is -0.337 e. The van der Waals surface area contributed by atoms with E-state index in [0.29, 0.717) is 24.9 Å². The van der Waals surface area contributed by atoms with Gasteiger partial charge in [-0.2, -0.15) is 0 Å². The monoisotopic (exact) mass is 395 g/mol. The van der Waals surface area contributed by atoms with E-state index in [1.165, 1.54) is 17.0 Å². The number of nitrogens with one attached hydrogen (secondary N) is 1. The number of halogens is 1. The van der Waals surface area contributed by atoms with Crippen molar-refractivity contribution in [2.45, 2.75) is 31.8 Å². The van der Waals surface area contributed by atoms with Gasteiger partial charge in [0.2, 0.25) is 5.91 Å². The maximum atomic E-state index is 13.4. The fraction of sp³-hybridized carbons (Fsp3) is 0.318. The second-order valence-corrected chi connectivity index (χ2v) is 7.42. The Bertz CT molecular complexity index is 993. The van der Waals surface area contributed by atoms with Crippen molar-refractivity contribution >= 4 is 17.8 Å². The van der Waals surface area contributed by atoms with Gasteiger partial charge in [-0.25, -0.2) is 9.18 Å². The Balaban J connectivity index is 1.51. The highest BCUT2D eigenvalue weighted by atomic mass is 19.1. The molecule has 29 heavy (non-hydrogen) atoms. The molecule has 2 aromatic carbocycles. The molecule has 0 aromatic heterocycles. The van der Waals surface area contributed by atoms with Crippen molar-refractivity contribution in [1.82, 2.24) is 15.1 Å². The van der Waals surface area contributed by atoms with E-state index in [1.807, 2.05) is 24.3 Å². The molecule has 4 rings (SSSR count). The summed E-state index contributed by atoms with van der Waals surface area (Å²) in [6, 6.07) is 13.0. The summed E-state index contributed by atoms with van der Waals surface area (Å²) in [4.78, 5) is 41.1. The van der Waals surface area contributed by atoms with Gasteiger partial charge in [0.05, 0.1) is 0 Å². The highest BCUT2D eigenvalue weighted by molar-refractivity contribution is 6.09. The van der Waals surface area contributed by atoms with Crippen LogP contribution >= 0.6 is 0 Å². The predicted octanol–water partition coefficient (Wildman–Crippen LogP) is 2.57. The lowest BCUT2D eigenvalue weighted by molar-refractivity contribution is -0.139. The Kier molecular flexibility index (Phi) is 4.82. The van der Waals surface area contributed by atoms with E-state index < -0.39 is 11.6 Å². The fourth-order valence-electron chi connectivity index (χ4n) is 4.20. The number of hydrogen-bond acceptors (Lipinski definition) is 3. The van der Waals surface area contributed by atoms with Gasteiger partial charge in [0, 0.05) is 13.1 Å².